The maximum atomic E-state index is 12.8. The van der Waals surface area contributed by atoms with Gasteiger partial charge >= 0.3 is 0 Å². The third-order valence-electron chi connectivity index (χ3n) is 4.62. The van der Waals surface area contributed by atoms with E-state index in [1.54, 1.807) is 42.3 Å². The van der Waals surface area contributed by atoms with Crippen molar-refractivity contribution in [2.24, 2.45) is 5.92 Å². The zero-order valence-electron chi connectivity index (χ0n) is 16.2. The highest BCUT2D eigenvalue weighted by Crippen LogP contribution is 2.36. The molecule has 1 unspecified atom stereocenters. The molecule has 1 N–H and O–H groups in total. The van der Waals surface area contributed by atoms with Crippen LogP contribution in [0.25, 0.3) is 0 Å². The van der Waals surface area contributed by atoms with E-state index < -0.39 is 5.92 Å². The van der Waals surface area contributed by atoms with Gasteiger partial charge in [-0.1, -0.05) is 12.1 Å². The number of methoxy groups -OCH3 is 2. The number of hydrogen-bond donors (Lipinski definition) is 1. The van der Waals surface area contributed by atoms with E-state index in [0.29, 0.717) is 35.2 Å². The van der Waals surface area contributed by atoms with Crippen LogP contribution in [0, 0.1) is 5.92 Å². The summed E-state index contributed by atoms with van der Waals surface area (Å²) >= 11 is 0. The number of benzene rings is 2. The summed E-state index contributed by atoms with van der Waals surface area (Å²) in [6, 6.07) is 12.5. The Labute approximate surface area is 164 Å². The molecule has 1 aliphatic rings. The molecule has 1 fully saturated rings. The molecule has 7 heteroatoms. The molecule has 0 aromatic heterocycles. The van der Waals surface area contributed by atoms with Crippen LogP contribution in [0.2, 0.25) is 0 Å². The van der Waals surface area contributed by atoms with E-state index in [1.165, 1.54) is 7.11 Å². The van der Waals surface area contributed by atoms with Crippen molar-refractivity contribution in [3.05, 3.63) is 42.5 Å². The minimum atomic E-state index is -0.464. The van der Waals surface area contributed by atoms with Crippen molar-refractivity contribution in [2.45, 2.75) is 13.3 Å². The fourth-order valence-corrected chi connectivity index (χ4v) is 3.21. The molecule has 1 saturated heterocycles. The van der Waals surface area contributed by atoms with Gasteiger partial charge in [0.2, 0.25) is 11.8 Å². The Morgan fingerprint density at radius 3 is 2.64 bits per heavy atom. The predicted octanol–water partition coefficient (Wildman–Crippen LogP) is 3.09. The van der Waals surface area contributed by atoms with E-state index in [9.17, 15) is 9.59 Å². The highest BCUT2D eigenvalue weighted by Gasteiger charge is 2.36. The third-order valence-corrected chi connectivity index (χ3v) is 4.62. The Kier molecular flexibility index (Phi) is 6.03. The van der Waals surface area contributed by atoms with Gasteiger partial charge < -0.3 is 24.4 Å². The highest BCUT2D eigenvalue weighted by atomic mass is 16.5. The van der Waals surface area contributed by atoms with Crippen molar-refractivity contribution in [1.82, 2.24) is 0 Å². The highest BCUT2D eigenvalue weighted by molar-refractivity contribution is 6.04. The third kappa shape index (κ3) is 4.03. The molecule has 148 valence electrons. The van der Waals surface area contributed by atoms with Crippen LogP contribution in [0.15, 0.2) is 42.5 Å². The maximum Gasteiger partial charge on any atom is 0.229 e. The molecule has 0 radical (unpaired) electrons. The first-order chi connectivity index (χ1) is 13.6. The maximum absolute atomic E-state index is 12.8. The second-order valence-electron chi connectivity index (χ2n) is 6.36. The number of para-hydroxylation sites is 2. The van der Waals surface area contributed by atoms with E-state index >= 15 is 0 Å². The number of hydrogen-bond acceptors (Lipinski definition) is 5. The van der Waals surface area contributed by atoms with E-state index in [2.05, 4.69) is 5.32 Å². The van der Waals surface area contributed by atoms with Crippen LogP contribution in [0.4, 0.5) is 11.4 Å². The number of anilines is 2. The average molecular weight is 384 g/mol. The molecule has 0 aliphatic carbocycles. The monoisotopic (exact) mass is 384 g/mol. The number of amides is 2. The lowest BCUT2D eigenvalue weighted by Gasteiger charge is -2.20. The molecule has 7 nitrogen and oxygen atoms in total. The second-order valence-corrected chi connectivity index (χ2v) is 6.36. The second kappa shape index (κ2) is 8.65. The molecule has 3 rings (SSSR count). The van der Waals surface area contributed by atoms with Crippen molar-refractivity contribution in [3.63, 3.8) is 0 Å². The van der Waals surface area contributed by atoms with Gasteiger partial charge in [-0.3, -0.25) is 9.59 Å². The first-order valence-electron chi connectivity index (χ1n) is 9.12. The van der Waals surface area contributed by atoms with E-state index in [4.69, 9.17) is 14.2 Å². The fourth-order valence-electron chi connectivity index (χ4n) is 3.21. The Morgan fingerprint density at radius 2 is 1.93 bits per heavy atom. The van der Waals surface area contributed by atoms with Crippen molar-refractivity contribution >= 4 is 23.2 Å². The Bertz CT molecular complexity index is 868. The normalized spacial score (nSPS) is 16.0. The summed E-state index contributed by atoms with van der Waals surface area (Å²) < 4.78 is 16.1. The number of carbonyl (C=O) groups is 2. The van der Waals surface area contributed by atoms with Gasteiger partial charge in [0.15, 0.2) is 0 Å². The van der Waals surface area contributed by atoms with Gasteiger partial charge in [0.1, 0.15) is 17.2 Å². The Hall–Kier alpha value is -3.22. The van der Waals surface area contributed by atoms with Gasteiger partial charge in [0, 0.05) is 19.0 Å². The minimum absolute atomic E-state index is 0.123. The molecule has 2 amide bonds. The molecule has 1 aliphatic heterocycles. The van der Waals surface area contributed by atoms with Crippen LogP contribution in [0.1, 0.15) is 13.3 Å². The van der Waals surface area contributed by atoms with Crippen LogP contribution in [0.3, 0.4) is 0 Å². The molecular formula is C21H24N2O5. The van der Waals surface area contributed by atoms with Crippen LogP contribution < -0.4 is 24.4 Å². The molecule has 2 aromatic rings. The van der Waals surface area contributed by atoms with Crippen molar-refractivity contribution in [3.8, 4) is 17.2 Å². The number of ether oxygens (including phenoxy) is 3. The number of nitrogens with one attached hydrogen (secondary N) is 1. The molecule has 1 atom stereocenters. The number of nitrogens with zero attached hydrogens (tertiary/aromatic N) is 1. The van der Waals surface area contributed by atoms with E-state index in [-0.39, 0.29) is 24.8 Å². The van der Waals surface area contributed by atoms with Gasteiger partial charge in [-0.15, -0.1) is 0 Å². The summed E-state index contributed by atoms with van der Waals surface area (Å²) in [6.07, 6.45) is 0.137. The number of rotatable bonds is 7. The minimum Gasteiger partial charge on any atom is -0.497 e. The largest absolute Gasteiger partial charge is 0.497 e. The quantitative estimate of drug-likeness (QED) is 0.794. The standard InChI is InChI=1S/C21H24N2O5/c1-4-28-18-8-6-5-7-16(18)22-21(25)14-11-20(24)23(13-14)17-10-9-15(26-2)12-19(17)27-3/h5-10,12,14H,4,11,13H2,1-3H3,(H,22,25). The van der Waals surface area contributed by atoms with Gasteiger partial charge in [-0.2, -0.15) is 0 Å². The molecule has 1 heterocycles. The SMILES string of the molecule is CCOc1ccccc1NC(=O)C1CC(=O)N(c2ccc(OC)cc2OC)C1. The van der Waals surface area contributed by atoms with Crippen molar-refractivity contribution < 1.29 is 23.8 Å². The summed E-state index contributed by atoms with van der Waals surface area (Å²) in [4.78, 5) is 26.9. The molecule has 0 saturated carbocycles. The predicted molar refractivity (Wildman–Crippen MR) is 106 cm³/mol. The summed E-state index contributed by atoms with van der Waals surface area (Å²) in [6.45, 7) is 2.67. The van der Waals surface area contributed by atoms with E-state index in [0.717, 1.165) is 0 Å². The van der Waals surface area contributed by atoms with Crippen LogP contribution in [-0.4, -0.2) is 39.2 Å². The summed E-state index contributed by atoms with van der Waals surface area (Å²) in [7, 11) is 3.10. The number of carbonyl (C=O) groups excluding carboxylic acids is 2. The van der Waals surface area contributed by atoms with Crippen LogP contribution >= 0.6 is 0 Å². The summed E-state index contributed by atoms with van der Waals surface area (Å²) in [5.74, 6) is 0.965. The fraction of sp³-hybridized carbons (Fsp3) is 0.333. The van der Waals surface area contributed by atoms with Gasteiger partial charge in [0.05, 0.1) is 38.1 Å². The average Bonchev–Trinajstić information content (AvgIpc) is 3.10. The van der Waals surface area contributed by atoms with Crippen molar-refractivity contribution in [1.29, 1.82) is 0 Å². The first kappa shape index (κ1) is 19.5. The molecule has 0 bridgehead atoms. The lowest BCUT2D eigenvalue weighted by atomic mass is 10.1. The van der Waals surface area contributed by atoms with E-state index in [1.807, 2.05) is 19.1 Å². The smallest absolute Gasteiger partial charge is 0.229 e. The zero-order valence-corrected chi connectivity index (χ0v) is 16.2. The van der Waals surface area contributed by atoms with Crippen LogP contribution in [0.5, 0.6) is 17.2 Å². The molecule has 0 spiro atoms. The first-order valence-corrected chi connectivity index (χ1v) is 9.12. The van der Waals surface area contributed by atoms with Gasteiger partial charge in [-0.25, -0.2) is 0 Å². The zero-order chi connectivity index (χ0) is 20.1. The lowest BCUT2D eigenvalue weighted by Crippen LogP contribution is -2.28. The molecule has 2 aromatic carbocycles. The molecular weight excluding hydrogens is 360 g/mol. The van der Waals surface area contributed by atoms with Crippen molar-refractivity contribution in [2.75, 3.05) is 37.6 Å². The lowest BCUT2D eigenvalue weighted by molar-refractivity contribution is -0.122. The van der Waals surface area contributed by atoms with Crippen LogP contribution in [-0.2, 0) is 9.59 Å². The topological polar surface area (TPSA) is 77.1 Å². The Balaban J connectivity index is 1.75. The molecule has 28 heavy (non-hydrogen) atoms. The van der Waals surface area contributed by atoms with Gasteiger partial charge in [-0.05, 0) is 31.2 Å². The summed E-state index contributed by atoms with van der Waals surface area (Å²) in [5, 5.41) is 2.88. The van der Waals surface area contributed by atoms with Gasteiger partial charge in [0.25, 0.3) is 0 Å². The Morgan fingerprint density at radius 1 is 1.14 bits per heavy atom. The summed E-state index contributed by atoms with van der Waals surface area (Å²) in [5.41, 5.74) is 1.22.